The summed E-state index contributed by atoms with van der Waals surface area (Å²) in [6.45, 7) is 3.03. The van der Waals surface area contributed by atoms with Crippen LogP contribution in [0.4, 0.5) is 0 Å². The predicted molar refractivity (Wildman–Crippen MR) is 45.2 cm³/mol. The number of ether oxygens (including phenoxy) is 1. The Bertz CT molecular complexity index is 103. The summed E-state index contributed by atoms with van der Waals surface area (Å²) in [6.07, 6.45) is 2.34. The van der Waals surface area contributed by atoms with Gasteiger partial charge in [0, 0.05) is 6.61 Å². The van der Waals surface area contributed by atoms with Gasteiger partial charge in [-0.25, -0.2) is 0 Å². The summed E-state index contributed by atoms with van der Waals surface area (Å²) in [4.78, 5) is 0. The Morgan fingerprint density at radius 3 is 2.67 bits per heavy atom. The molecule has 0 N–H and O–H groups in total. The normalized spacial score (nSPS) is 45.0. The van der Waals surface area contributed by atoms with Crippen LogP contribution in [0, 0.1) is 0 Å². The molecule has 2 unspecified atom stereocenters. The Hall–Kier alpha value is 0.920. The summed E-state index contributed by atoms with van der Waals surface area (Å²) >= 11 is 7.03. The number of hydrogen-bond acceptors (Lipinski definition) is 1. The highest BCUT2D eigenvalue weighted by Crippen LogP contribution is 2.36. The second-order valence-corrected chi connectivity index (χ2v) is 5.21. The van der Waals surface area contributed by atoms with E-state index in [9.17, 15) is 0 Å². The van der Waals surface area contributed by atoms with Crippen molar-refractivity contribution in [2.45, 2.75) is 29.1 Å². The molecule has 0 bridgehead atoms. The maximum atomic E-state index is 5.36. The molecule has 1 aliphatic heterocycles. The first-order valence-corrected chi connectivity index (χ1v) is 4.78. The Balaban J connectivity index is 2.49. The van der Waals surface area contributed by atoms with Gasteiger partial charge in [-0.1, -0.05) is 31.9 Å². The standard InChI is InChI=1S/C6H10Br2O/c1-6(8)3-2-4-9-5(6)7/h5H,2-4H2,1H3. The van der Waals surface area contributed by atoms with Crippen molar-refractivity contribution >= 4 is 31.9 Å². The van der Waals surface area contributed by atoms with Gasteiger partial charge in [-0.15, -0.1) is 0 Å². The van der Waals surface area contributed by atoms with E-state index in [2.05, 4.69) is 38.8 Å². The lowest BCUT2D eigenvalue weighted by Crippen LogP contribution is -2.35. The van der Waals surface area contributed by atoms with Crippen LogP contribution in [0.15, 0.2) is 0 Å². The molecule has 0 aromatic carbocycles. The summed E-state index contributed by atoms with van der Waals surface area (Å²) in [5.74, 6) is 0. The fraction of sp³-hybridized carbons (Fsp3) is 1.00. The van der Waals surface area contributed by atoms with E-state index < -0.39 is 0 Å². The van der Waals surface area contributed by atoms with Crippen LogP contribution in [-0.4, -0.2) is 15.9 Å². The average Bonchev–Trinajstić information content (AvgIpc) is 1.77. The molecule has 1 saturated heterocycles. The van der Waals surface area contributed by atoms with Gasteiger partial charge < -0.3 is 4.74 Å². The van der Waals surface area contributed by atoms with Gasteiger partial charge >= 0.3 is 0 Å². The zero-order chi connectivity index (χ0) is 6.91. The molecular formula is C6H10Br2O. The van der Waals surface area contributed by atoms with Crippen molar-refractivity contribution < 1.29 is 4.74 Å². The molecule has 0 radical (unpaired) electrons. The maximum absolute atomic E-state index is 5.36. The molecule has 3 heteroatoms. The van der Waals surface area contributed by atoms with Crippen LogP contribution in [0.3, 0.4) is 0 Å². The summed E-state index contributed by atoms with van der Waals surface area (Å²) in [6, 6.07) is 0. The molecule has 0 aromatic rings. The van der Waals surface area contributed by atoms with Gasteiger partial charge in [0.2, 0.25) is 0 Å². The van der Waals surface area contributed by atoms with Crippen molar-refractivity contribution in [2.75, 3.05) is 6.61 Å². The largest absolute Gasteiger partial charge is 0.366 e. The van der Waals surface area contributed by atoms with E-state index in [-0.39, 0.29) is 9.34 Å². The molecule has 1 heterocycles. The SMILES string of the molecule is CC1(Br)CCCOC1Br. The van der Waals surface area contributed by atoms with Gasteiger partial charge in [0.25, 0.3) is 0 Å². The fourth-order valence-electron chi connectivity index (χ4n) is 0.892. The van der Waals surface area contributed by atoms with E-state index in [1.807, 2.05) is 0 Å². The highest BCUT2D eigenvalue weighted by Gasteiger charge is 2.32. The number of alkyl halides is 2. The minimum atomic E-state index is 0.144. The van der Waals surface area contributed by atoms with Crippen molar-refractivity contribution in [3.05, 3.63) is 0 Å². The highest BCUT2D eigenvalue weighted by atomic mass is 79.9. The molecule has 2 atom stereocenters. The van der Waals surface area contributed by atoms with Crippen LogP contribution < -0.4 is 0 Å². The molecule has 1 nitrogen and oxygen atoms in total. The molecule has 1 aliphatic rings. The predicted octanol–water partition coefficient (Wildman–Crippen LogP) is 2.67. The van der Waals surface area contributed by atoms with Gasteiger partial charge in [0.05, 0.1) is 4.32 Å². The zero-order valence-corrected chi connectivity index (χ0v) is 8.53. The van der Waals surface area contributed by atoms with Crippen LogP contribution in [0.2, 0.25) is 0 Å². The van der Waals surface area contributed by atoms with E-state index in [1.165, 1.54) is 6.42 Å². The van der Waals surface area contributed by atoms with Gasteiger partial charge in [0.15, 0.2) is 0 Å². The van der Waals surface area contributed by atoms with Crippen molar-refractivity contribution in [1.82, 2.24) is 0 Å². The maximum Gasteiger partial charge on any atom is 0.127 e. The molecule has 1 fully saturated rings. The van der Waals surface area contributed by atoms with Crippen LogP contribution in [0.5, 0.6) is 0 Å². The minimum absolute atomic E-state index is 0.144. The minimum Gasteiger partial charge on any atom is -0.366 e. The van der Waals surface area contributed by atoms with Gasteiger partial charge in [0.1, 0.15) is 5.01 Å². The summed E-state index contributed by atoms with van der Waals surface area (Å²) in [5.41, 5.74) is 0. The zero-order valence-electron chi connectivity index (χ0n) is 5.36. The highest BCUT2D eigenvalue weighted by molar-refractivity contribution is 9.12. The first-order chi connectivity index (χ1) is 4.13. The Morgan fingerprint density at radius 2 is 2.33 bits per heavy atom. The first-order valence-electron chi connectivity index (χ1n) is 3.07. The third-order valence-electron chi connectivity index (χ3n) is 1.55. The van der Waals surface area contributed by atoms with Crippen molar-refractivity contribution in [1.29, 1.82) is 0 Å². The number of halogens is 2. The van der Waals surface area contributed by atoms with E-state index >= 15 is 0 Å². The lowest BCUT2D eigenvalue weighted by molar-refractivity contribution is 0.0573. The fourth-order valence-corrected chi connectivity index (χ4v) is 1.72. The lowest BCUT2D eigenvalue weighted by Gasteiger charge is -2.32. The number of hydrogen-bond donors (Lipinski definition) is 0. The molecule has 9 heavy (non-hydrogen) atoms. The Labute approximate surface area is 72.4 Å². The molecule has 0 aliphatic carbocycles. The van der Waals surface area contributed by atoms with Crippen LogP contribution in [0.1, 0.15) is 19.8 Å². The summed E-state index contributed by atoms with van der Waals surface area (Å²) in [7, 11) is 0. The summed E-state index contributed by atoms with van der Waals surface area (Å²) in [5, 5.41) is 0.179. The molecule has 0 spiro atoms. The molecule has 54 valence electrons. The monoisotopic (exact) mass is 256 g/mol. The van der Waals surface area contributed by atoms with Crippen LogP contribution in [0.25, 0.3) is 0 Å². The van der Waals surface area contributed by atoms with E-state index in [0.29, 0.717) is 0 Å². The van der Waals surface area contributed by atoms with Gasteiger partial charge in [-0.05, 0) is 19.8 Å². The van der Waals surface area contributed by atoms with Gasteiger partial charge in [-0.2, -0.15) is 0 Å². The van der Waals surface area contributed by atoms with Crippen molar-refractivity contribution in [3.63, 3.8) is 0 Å². The molecular weight excluding hydrogens is 248 g/mol. The molecule has 0 saturated carbocycles. The molecule has 1 rings (SSSR count). The van der Waals surface area contributed by atoms with Crippen LogP contribution >= 0.6 is 31.9 Å². The third-order valence-corrected chi connectivity index (χ3v) is 4.25. The first kappa shape index (κ1) is 8.02. The van der Waals surface area contributed by atoms with E-state index in [0.717, 1.165) is 13.0 Å². The van der Waals surface area contributed by atoms with Gasteiger partial charge in [-0.3, -0.25) is 0 Å². The second-order valence-electron chi connectivity index (χ2n) is 2.57. The quantitative estimate of drug-likeness (QED) is 0.607. The average molecular weight is 258 g/mol. The lowest BCUT2D eigenvalue weighted by atomic mass is 10.1. The van der Waals surface area contributed by atoms with Crippen molar-refractivity contribution in [3.8, 4) is 0 Å². The topological polar surface area (TPSA) is 9.23 Å². The second kappa shape index (κ2) is 2.89. The summed E-state index contributed by atoms with van der Waals surface area (Å²) < 4.78 is 5.51. The molecule has 0 amide bonds. The van der Waals surface area contributed by atoms with Crippen LogP contribution in [-0.2, 0) is 4.74 Å². The molecule has 0 aromatic heterocycles. The van der Waals surface area contributed by atoms with Crippen molar-refractivity contribution in [2.24, 2.45) is 0 Å². The Kier molecular flexibility index (Phi) is 2.57. The number of rotatable bonds is 0. The third kappa shape index (κ3) is 1.92. The smallest absolute Gasteiger partial charge is 0.127 e. The van der Waals surface area contributed by atoms with E-state index in [4.69, 9.17) is 4.74 Å². The van der Waals surface area contributed by atoms with E-state index in [1.54, 1.807) is 0 Å². The Morgan fingerprint density at radius 1 is 1.67 bits per heavy atom.